The zero-order valence-corrected chi connectivity index (χ0v) is 19.8. The number of amides is 1. The highest BCUT2D eigenvalue weighted by Gasteiger charge is 2.32. The van der Waals surface area contributed by atoms with Crippen molar-refractivity contribution in [2.45, 2.75) is 12.8 Å². The standard InChI is InChI=1S/C23H24ClN5O3S/c1-26-21(16-6-8-17(24)9-7-16)25-29(23(26)33)15-27-10-12-28(13-11-27)22(30)20-14-31-18-4-2-3-5-19(18)32-20/h2-9,20H,10-15H2,1H3/t20-/m0/s1. The number of benzene rings is 2. The van der Waals surface area contributed by atoms with Crippen LogP contribution in [0.2, 0.25) is 5.02 Å². The van der Waals surface area contributed by atoms with Crippen molar-refractivity contribution in [1.29, 1.82) is 0 Å². The highest BCUT2D eigenvalue weighted by Crippen LogP contribution is 2.31. The summed E-state index contributed by atoms with van der Waals surface area (Å²) in [6, 6.07) is 15.0. The average Bonchev–Trinajstić information content (AvgIpc) is 3.13. The van der Waals surface area contributed by atoms with Crippen molar-refractivity contribution in [3.8, 4) is 22.9 Å². The second-order valence-electron chi connectivity index (χ2n) is 8.12. The third-order valence-corrected chi connectivity index (χ3v) is 6.68. The van der Waals surface area contributed by atoms with Crippen LogP contribution >= 0.6 is 23.8 Å². The van der Waals surface area contributed by atoms with Gasteiger partial charge in [-0.1, -0.05) is 23.7 Å². The molecule has 0 aliphatic carbocycles. The fraction of sp³-hybridized carbons (Fsp3) is 0.348. The number of carbonyl (C=O) groups is 1. The lowest BCUT2D eigenvalue weighted by Crippen LogP contribution is -2.54. The molecule has 2 aromatic carbocycles. The van der Waals surface area contributed by atoms with E-state index < -0.39 is 6.10 Å². The summed E-state index contributed by atoms with van der Waals surface area (Å²) in [4.78, 5) is 17.1. The van der Waals surface area contributed by atoms with Gasteiger partial charge in [-0.05, 0) is 48.6 Å². The van der Waals surface area contributed by atoms with Crippen LogP contribution in [0.1, 0.15) is 0 Å². The first-order chi connectivity index (χ1) is 16.0. The number of ether oxygens (including phenoxy) is 2. The quantitative estimate of drug-likeness (QED) is 0.529. The van der Waals surface area contributed by atoms with Gasteiger partial charge in [0.2, 0.25) is 6.10 Å². The summed E-state index contributed by atoms with van der Waals surface area (Å²) in [6.45, 7) is 3.48. The molecule has 10 heteroatoms. The molecule has 1 atom stereocenters. The largest absolute Gasteiger partial charge is 0.485 e. The van der Waals surface area contributed by atoms with Crippen molar-refractivity contribution in [3.05, 3.63) is 58.3 Å². The number of hydrogen-bond acceptors (Lipinski definition) is 6. The van der Waals surface area contributed by atoms with Gasteiger partial charge in [0.15, 0.2) is 22.1 Å². The van der Waals surface area contributed by atoms with Crippen molar-refractivity contribution >= 4 is 29.7 Å². The molecule has 1 amide bonds. The van der Waals surface area contributed by atoms with E-state index in [0.29, 0.717) is 41.1 Å². The molecule has 0 N–H and O–H groups in total. The van der Waals surface area contributed by atoms with Crippen molar-refractivity contribution in [2.24, 2.45) is 7.05 Å². The van der Waals surface area contributed by atoms with Crippen LogP contribution in [0.15, 0.2) is 48.5 Å². The number of rotatable bonds is 4. The molecule has 33 heavy (non-hydrogen) atoms. The Kier molecular flexibility index (Phi) is 6.09. The molecule has 2 aliphatic heterocycles. The Balaban J connectivity index is 1.20. The van der Waals surface area contributed by atoms with Crippen molar-refractivity contribution < 1.29 is 14.3 Å². The number of nitrogens with zero attached hydrogens (tertiary/aromatic N) is 5. The molecule has 0 spiro atoms. The average molecular weight is 486 g/mol. The molecule has 0 saturated carbocycles. The van der Waals surface area contributed by atoms with E-state index in [9.17, 15) is 4.79 Å². The molecule has 5 rings (SSSR count). The molecule has 3 heterocycles. The summed E-state index contributed by atoms with van der Waals surface area (Å²) >= 11 is 11.6. The second kappa shape index (κ2) is 9.17. The smallest absolute Gasteiger partial charge is 0.267 e. The van der Waals surface area contributed by atoms with Crippen LogP contribution < -0.4 is 9.47 Å². The zero-order valence-electron chi connectivity index (χ0n) is 18.2. The van der Waals surface area contributed by atoms with Crippen LogP contribution in [0.4, 0.5) is 0 Å². The Morgan fingerprint density at radius 2 is 1.79 bits per heavy atom. The van der Waals surface area contributed by atoms with E-state index >= 15 is 0 Å². The van der Waals surface area contributed by atoms with Crippen molar-refractivity contribution in [2.75, 3.05) is 32.8 Å². The number of aromatic nitrogens is 3. The maximum Gasteiger partial charge on any atom is 0.267 e. The minimum absolute atomic E-state index is 0.0383. The normalized spacial score (nSPS) is 18.4. The summed E-state index contributed by atoms with van der Waals surface area (Å²) in [5, 5.41) is 5.41. The first-order valence-electron chi connectivity index (χ1n) is 10.8. The Labute approximate surface area is 201 Å². The predicted molar refractivity (Wildman–Crippen MR) is 127 cm³/mol. The van der Waals surface area contributed by atoms with Crippen LogP contribution in [-0.2, 0) is 18.5 Å². The highest BCUT2D eigenvalue weighted by molar-refractivity contribution is 7.71. The molecule has 2 aliphatic rings. The zero-order chi connectivity index (χ0) is 22.9. The Morgan fingerprint density at radius 3 is 2.52 bits per heavy atom. The Morgan fingerprint density at radius 1 is 1.09 bits per heavy atom. The van der Waals surface area contributed by atoms with E-state index in [0.717, 1.165) is 24.5 Å². The van der Waals surface area contributed by atoms with Crippen LogP contribution in [0.25, 0.3) is 11.4 Å². The number of fused-ring (bicyclic) bond motifs is 1. The number of piperazine rings is 1. The topological polar surface area (TPSA) is 64.8 Å². The van der Waals surface area contributed by atoms with E-state index in [1.807, 2.05) is 69.7 Å². The first kappa shape index (κ1) is 21.9. The van der Waals surface area contributed by atoms with Gasteiger partial charge in [-0.2, -0.15) is 5.10 Å². The van der Waals surface area contributed by atoms with Gasteiger partial charge < -0.3 is 18.9 Å². The van der Waals surface area contributed by atoms with Gasteiger partial charge in [-0.25, -0.2) is 4.68 Å². The van der Waals surface area contributed by atoms with Gasteiger partial charge in [-0.3, -0.25) is 9.69 Å². The van der Waals surface area contributed by atoms with E-state index in [1.165, 1.54) is 0 Å². The van der Waals surface area contributed by atoms with Crippen LogP contribution in [0.3, 0.4) is 0 Å². The molecule has 0 radical (unpaired) electrons. The molecule has 0 unspecified atom stereocenters. The lowest BCUT2D eigenvalue weighted by molar-refractivity contribution is -0.143. The summed E-state index contributed by atoms with van der Waals surface area (Å²) in [7, 11) is 1.91. The van der Waals surface area contributed by atoms with Gasteiger partial charge in [-0.15, -0.1) is 0 Å². The lowest BCUT2D eigenvalue weighted by Gasteiger charge is -2.37. The minimum Gasteiger partial charge on any atom is -0.485 e. The molecule has 172 valence electrons. The summed E-state index contributed by atoms with van der Waals surface area (Å²) in [6.07, 6.45) is -0.613. The molecule has 3 aromatic rings. The SMILES string of the molecule is Cn1c(-c2ccc(Cl)cc2)nn(CN2CCN(C(=O)[C@@H]3COc4ccccc4O3)CC2)c1=S. The van der Waals surface area contributed by atoms with Gasteiger partial charge in [0.25, 0.3) is 5.91 Å². The minimum atomic E-state index is -0.613. The van der Waals surface area contributed by atoms with Crippen molar-refractivity contribution in [3.63, 3.8) is 0 Å². The van der Waals surface area contributed by atoms with Gasteiger partial charge in [0.1, 0.15) is 6.61 Å². The van der Waals surface area contributed by atoms with E-state index in [2.05, 4.69) is 4.90 Å². The van der Waals surface area contributed by atoms with E-state index in [1.54, 1.807) is 0 Å². The van der Waals surface area contributed by atoms with Gasteiger partial charge >= 0.3 is 0 Å². The monoisotopic (exact) mass is 485 g/mol. The van der Waals surface area contributed by atoms with Crippen molar-refractivity contribution in [1.82, 2.24) is 24.1 Å². The predicted octanol–water partition coefficient (Wildman–Crippen LogP) is 3.21. The maximum atomic E-state index is 13.0. The second-order valence-corrected chi connectivity index (χ2v) is 8.92. The number of carbonyl (C=O) groups excluding carboxylic acids is 1. The van der Waals surface area contributed by atoms with Crippen LogP contribution in [-0.4, -0.2) is 68.9 Å². The number of halogens is 1. The fourth-order valence-electron chi connectivity index (χ4n) is 4.07. The fourth-order valence-corrected chi connectivity index (χ4v) is 4.39. The Hall–Kier alpha value is -2.88. The van der Waals surface area contributed by atoms with Gasteiger partial charge in [0.05, 0.1) is 6.67 Å². The molecule has 8 nitrogen and oxygen atoms in total. The van der Waals surface area contributed by atoms with E-state index in [-0.39, 0.29) is 12.5 Å². The molecule has 1 saturated heterocycles. The Bertz CT molecular complexity index is 1220. The van der Waals surface area contributed by atoms with Gasteiger partial charge in [0, 0.05) is 43.8 Å². The molecule has 1 fully saturated rings. The third kappa shape index (κ3) is 4.48. The third-order valence-electron chi connectivity index (χ3n) is 5.95. The molecular weight excluding hydrogens is 462 g/mol. The lowest BCUT2D eigenvalue weighted by atomic mass is 10.2. The molecule has 1 aromatic heterocycles. The first-order valence-corrected chi connectivity index (χ1v) is 11.6. The molecule has 0 bridgehead atoms. The highest BCUT2D eigenvalue weighted by atomic mass is 35.5. The number of hydrogen-bond donors (Lipinski definition) is 0. The van der Waals surface area contributed by atoms with Crippen LogP contribution in [0.5, 0.6) is 11.5 Å². The summed E-state index contributed by atoms with van der Waals surface area (Å²) in [5.41, 5.74) is 0.957. The van der Waals surface area contributed by atoms with Crippen LogP contribution in [0, 0.1) is 4.77 Å². The maximum absolute atomic E-state index is 13.0. The summed E-state index contributed by atoms with van der Waals surface area (Å²) in [5.74, 6) is 2.04. The summed E-state index contributed by atoms with van der Waals surface area (Å²) < 4.78 is 16.0. The number of para-hydroxylation sites is 2. The molecular formula is C23H24ClN5O3S. The van der Waals surface area contributed by atoms with E-state index in [4.69, 9.17) is 38.4 Å².